The summed E-state index contributed by atoms with van der Waals surface area (Å²) in [4.78, 5) is 99.1. The number of nitrogens with zero attached hydrogens (tertiary/aromatic N) is 5. The molecule has 0 atom stereocenters. The Hall–Kier alpha value is -5.06. The average Bonchev–Trinajstić information content (AvgIpc) is 3.48. The van der Waals surface area contributed by atoms with Crippen LogP contribution in [0.25, 0.3) is 0 Å². The zero-order chi connectivity index (χ0) is 35.5. The van der Waals surface area contributed by atoms with Gasteiger partial charge in [0.2, 0.25) is 0 Å². The lowest BCUT2D eigenvalue weighted by molar-refractivity contribution is -0.198. The monoisotopic (exact) mass is 671 g/mol. The highest BCUT2D eigenvalue weighted by Crippen LogP contribution is 2.12. The van der Waals surface area contributed by atoms with E-state index in [0.29, 0.717) is 5.06 Å². The SMILES string of the molecule is C.C=CC(=O)OCCC(=O)O.C=CC(=O)OCCC(=O)ON1C(=O)CCC1=O.CCN=C=NCCCN(C)C.O=C1CCC(=O)N1O. The summed E-state index contributed by atoms with van der Waals surface area (Å²) in [6, 6.07) is 2.64. The fourth-order valence-corrected chi connectivity index (χ4v) is 2.60. The van der Waals surface area contributed by atoms with Crippen LogP contribution in [-0.4, -0.2) is 126 Å². The molecule has 2 heterocycles. The number of carbonyl (C=O) groups excluding carboxylic acids is 7. The molecular weight excluding hydrogens is 626 g/mol. The summed E-state index contributed by atoms with van der Waals surface area (Å²) in [5.41, 5.74) is 0. The second-order valence-electron chi connectivity index (χ2n) is 8.89. The lowest BCUT2D eigenvalue weighted by Crippen LogP contribution is -2.32. The van der Waals surface area contributed by atoms with E-state index in [9.17, 15) is 38.4 Å². The van der Waals surface area contributed by atoms with Crippen LogP contribution in [-0.2, 0) is 52.7 Å². The largest absolute Gasteiger partial charge is 0.481 e. The van der Waals surface area contributed by atoms with E-state index in [1.54, 1.807) is 0 Å². The summed E-state index contributed by atoms with van der Waals surface area (Å²) in [7, 11) is 4.12. The number of esters is 2. The molecule has 0 bridgehead atoms. The van der Waals surface area contributed by atoms with Gasteiger partial charge in [0.1, 0.15) is 13.2 Å². The lowest BCUT2D eigenvalue weighted by Gasteiger charge is -2.12. The number of hydroxylamine groups is 4. The van der Waals surface area contributed by atoms with E-state index in [1.165, 1.54) is 0 Å². The second-order valence-corrected chi connectivity index (χ2v) is 8.89. The van der Waals surface area contributed by atoms with Crippen LogP contribution in [0.15, 0.2) is 35.3 Å². The molecule has 0 aliphatic carbocycles. The van der Waals surface area contributed by atoms with E-state index >= 15 is 0 Å². The van der Waals surface area contributed by atoms with Gasteiger partial charge in [0, 0.05) is 44.4 Å². The Morgan fingerprint density at radius 1 is 0.872 bits per heavy atom. The number of aliphatic carboxylic acids is 1. The first-order chi connectivity index (χ1) is 21.7. The van der Waals surface area contributed by atoms with Crippen LogP contribution in [0.4, 0.5) is 0 Å². The van der Waals surface area contributed by atoms with Crippen molar-refractivity contribution in [3.63, 3.8) is 0 Å². The Kier molecular flexibility index (Phi) is 28.0. The Labute approximate surface area is 273 Å². The summed E-state index contributed by atoms with van der Waals surface area (Å²) < 4.78 is 8.90. The molecule has 47 heavy (non-hydrogen) atoms. The average molecular weight is 672 g/mol. The third-order valence-corrected chi connectivity index (χ3v) is 4.84. The number of aliphatic imine (C=N–C) groups is 2. The highest BCUT2D eigenvalue weighted by molar-refractivity contribution is 6.01. The Morgan fingerprint density at radius 3 is 1.72 bits per heavy atom. The predicted octanol–water partition coefficient (Wildman–Crippen LogP) is 1.20. The number of amides is 4. The maximum Gasteiger partial charge on any atom is 0.336 e. The number of carboxylic acids is 1. The fourth-order valence-electron chi connectivity index (χ4n) is 2.60. The van der Waals surface area contributed by atoms with Gasteiger partial charge in [-0.25, -0.2) is 24.4 Å². The van der Waals surface area contributed by atoms with Gasteiger partial charge in [-0.15, -0.1) is 5.06 Å². The molecule has 2 saturated heterocycles. The first-order valence-corrected chi connectivity index (χ1v) is 13.8. The minimum Gasteiger partial charge on any atom is -0.481 e. The number of hydrogen-bond acceptors (Lipinski definition) is 15. The zero-order valence-electron chi connectivity index (χ0n) is 26.2. The van der Waals surface area contributed by atoms with E-state index in [2.05, 4.69) is 62.5 Å². The van der Waals surface area contributed by atoms with Gasteiger partial charge in [0.05, 0.1) is 25.4 Å². The minimum absolute atomic E-state index is 0. The molecule has 18 nitrogen and oxygen atoms in total. The summed E-state index contributed by atoms with van der Waals surface area (Å²) in [5, 5.41) is 17.1. The molecule has 2 aliphatic rings. The maximum absolute atomic E-state index is 11.2. The smallest absolute Gasteiger partial charge is 0.336 e. The second kappa shape index (κ2) is 28.4. The number of ether oxygens (including phenoxy) is 2. The lowest BCUT2D eigenvalue weighted by atomic mass is 10.4. The topological polar surface area (TPSA) is 239 Å². The van der Waals surface area contributed by atoms with Gasteiger partial charge in [-0.05, 0) is 34.0 Å². The third kappa shape index (κ3) is 25.9. The Bertz CT molecular complexity index is 1120. The number of hydrogen-bond donors (Lipinski definition) is 2. The van der Waals surface area contributed by atoms with Crippen molar-refractivity contribution in [2.75, 3.05) is 46.9 Å². The fraction of sp³-hybridized carbons (Fsp3) is 0.552. The summed E-state index contributed by atoms with van der Waals surface area (Å²) in [6.07, 6.45) is 3.00. The molecule has 0 spiro atoms. The highest BCUT2D eigenvalue weighted by Gasteiger charge is 2.32. The summed E-state index contributed by atoms with van der Waals surface area (Å²) in [5.74, 6) is -5.17. The van der Waals surface area contributed by atoms with E-state index in [4.69, 9.17) is 10.3 Å². The normalized spacial score (nSPS) is 12.8. The first-order valence-electron chi connectivity index (χ1n) is 13.8. The number of imide groups is 2. The van der Waals surface area contributed by atoms with Crippen LogP contribution >= 0.6 is 0 Å². The van der Waals surface area contributed by atoms with Crippen molar-refractivity contribution in [1.82, 2.24) is 15.0 Å². The molecule has 2 aliphatic heterocycles. The highest BCUT2D eigenvalue weighted by atomic mass is 16.7. The Balaban J connectivity index is -0.000000569. The molecule has 0 aromatic carbocycles. The van der Waals surface area contributed by atoms with Gasteiger partial charge in [0.25, 0.3) is 23.6 Å². The molecule has 264 valence electrons. The molecular formula is C29H45N5O13. The van der Waals surface area contributed by atoms with E-state index < -0.39 is 47.5 Å². The molecule has 18 heteroatoms. The molecule has 4 amide bonds. The number of carbonyl (C=O) groups is 8. The van der Waals surface area contributed by atoms with Crippen molar-refractivity contribution in [3.8, 4) is 0 Å². The predicted molar refractivity (Wildman–Crippen MR) is 164 cm³/mol. The van der Waals surface area contributed by atoms with Crippen LogP contribution in [0, 0.1) is 0 Å². The van der Waals surface area contributed by atoms with Crippen LogP contribution in [0.3, 0.4) is 0 Å². The zero-order valence-corrected chi connectivity index (χ0v) is 26.2. The minimum atomic E-state index is -0.989. The van der Waals surface area contributed by atoms with Gasteiger partial charge in [-0.2, -0.15) is 5.06 Å². The van der Waals surface area contributed by atoms with Crippen molar-refractivity contribution in [3.05, 3.63) is 25.3 Å². The quantitative estimate of drug-likeness (QED) is 0.0659. The molecule has 0 radical (unpaired) electrons. The van der Waals surface area contributed by atoms with Crippen molar-refractivity contribution in [1.29, 1.82) is 0 Å². The van der Waals surface area contributed by atoms with E-state index in [-0.39, 0.29) is 64.2 Å². The molecule has 0 saturated carbocycles. The Morgan fingerprint density at radius 2 is 1.34 bits per heavy atom. The number of carboxylic acid groups (broad SMARTS) is 1. The van der Waals surface area contributed by atoms with Gasteiger partial charge >= 0.3 is 23.9 Å². The van der Waals surface area contributed by atoms with Gasteiger partial charge < -0.3 is 24.3 Å². The molecule has 0 aromatic rings. The molecule has 0 unspecified atom stereocenters. The van der Waals surface area contributed by atoms with Crippen molar-refractivity contribution in [2.45, 2.75) is 59.3 Å². The maximum atomic E-state index is 11.2. The molecule has 0 aromatic heterocycles. The third-order valence-electron chi connectivity index (χ3n) is 4.84. The number of rotatable bonds is 14. The summed E-state index contributed by atoms with van der Waals surface area (Å²) in [6.45, 7) is 10.7. The van der Waals surface area contributed by atoms with Crippen LogP contribution in [0.1, 0.15) is 59.3 Å². The van der Waals surface area contributed by atoms with Gasteiger partial charge in [0.15, 0.2) is 0 Å². The van der Waals surface area contributed by atoms with Crippen molar-refractivity contribution in [2.24, 2.45) is 9.98 Å². The molecule has 2 fully saturated rings. The van der Waals surface area contributed by atoms with Crippen molar-refractivity contribution >= 4 is 53.5 Å². The van der Waals surface area contributed by atoms with E-state index in [0.717, 1.165) is 38.2 Å². The summed E-state index contributed by atoms with van der Waals surface area (Å²) >= 11 is 0. The van der Waals surface area contributed by atoms with Gasteiger partial charge in [-0.1, -0.05) is 20.6 Å². The van der Waals surface area contributed by atoms with Crippen LogP contribution in [0.2, 0.25) is 0 Å². The van der Waals surface area contributed by atoms with Crippen LogP contribution < -0.4 is 0 Å². The first kappa shape index (κ1) is 46.4. The van der Waals surface area contributed by atoms with Gasteiger partial charge in [-0.3, -0.25) is 29.2 Å². The van der Waals surface area contributed by atoms with E-state index in [1.807, 2.05) is 6.92 Å². The molecule has 2 N–H and O–H groups in total. The molecule has 2 rings (SSSR count). The standard InChI is InChI=1S/C10H11NO6.C8H17N3.C6H8O4.C4H5NO3.CH4/c1-2-9(14)16-6-5-10(15)17-11-7(12)3-4-8(11)13;1-4-9-8-10-6-5-7-11(2)3;1-2-6(9)10-4-3-5(7)8;6-3-1-2-4(7)5(3)8;/h2H,1,3-6H2;4-7H2,1-3H3;2H,1,3-4H2,(H,7,8);8H,1-2H2;1H4. The van der Waals surface area contributed by atoms with Crippen LogP contribution in [0.5, 0.6) is 0 Å². The van der Waals surface area contributed by atoms with Crippen molar-refractivity contribution < 1.29 is 63.0 Å².